The van der Waals surface area contributed by atoms with Crippen molar-refractivity contribution < 1.29 is 9.59 Å². The molecular formula is C26H24N2O2. The predicted molar refractivity (Wildman–Crippen MR) is 121 cm³/mol. The Morgan fingerprint density at radius 2 is 1.23 bits per heavy atom. The maximum absolute atomic E-state index is 13.5. The zero-order valence-electron chi connectivity index (χ0n) is 17.6. The molecule has 0 aromatic heterocycles. The van der Waals surface area contributed by atoms with Gasteiger partial charge in [-0.25, -0.2) is 4.90 Å². The van der Waals surface area contributed by atoms with Crippen molar-refractivity contribution in [2.45, 2.75) is 27.7 Å². The zero-order chi connectivity index (χ0) is 21.4. The van der Waals surface area contributed by atoms with Crippen LogP contribution in [0.2, 0.25) is 0 Å². The van der Waals surface area contributed by atoms with Gasteiger partial charge < -0.3 is 5.32 Å². The summed E-state index contributed by atoms with van der Waals surface area (Å²) >= 11 is 0. The second kappa shape index (κ2) is 7.64. The maximum Gasteiger partial charge on any atom is 0.282 e. The average Bonchev–Trinajstić information content (AvgIpc) is 2.95. The largest absolute Gasteiger partial charge is 0.350 e. The number of carbonyl (C=O) groups is 2. The summed E-state index contributed by atoms with van der Waals surface area (Å²) in [6.45, 7) is 7.91. The monoisotopic (exact) mass is 396 g/mol. The molecule has 0 atom stereocenters. The first kappa shape index (κ1) is 19.6. The molecule has 3 aromatic carbocycles. The van der Waals surface area contributed by atoms with Crippen molar-refractivity contribution in [3.05, 3.63) is 100 Å². The highest BCUT2D eigenvalue weighted by Crippen LogP contribution is 2.35. The minimum Gasteiger partial charge on any atom is -0.350 e. The fourth-order valence-electron chi connectivity index (χ4n) is 3.69. The summed E-state index contributed by atoms with van der Waals surface area (Å²) < 4.78 is 0. The van der Waals surface area contributed by atoms with Gasteiger partial charge in [-0.2, -0.15) is 0 Å². The lowest BCUT2D eigenvalue weighted by atomic mass is 10.0. The molecule has 1 N–H and O–H groups in total. The Balaban J connectivity index is 1.83. The van der Waals surface area contributed by atoms with E-state index in [9.17, 15) is 9.59 Å². The number of nitrogens with one attached hydrogen (secondary N) is 1. The number of aryl methyl sites for hydroxylation is 4. The molecule has 0 radical (unpaired) electrons. The van der Waals surface area contributed by atoms with Crippen molar-refractivity contribution in [1.29, 1.82) is 0 Å². The van der Waals surface area contributed by atoms with Gasteiger partial charge in [0.05, 0.1) is 11.3 Å². The Hall–Kier alpha value is -3.66. The van der Waals surface area contributed by atoms with Gasteiger partial charge in [0.2, 0.25) is 0 Å². The summed E-state index contributed by atoms with van der Waals surface area (Å²) in [5.41, 5.74) is 6.98. The van der Waals surface area contributed by atoms with Gasteiger partial charge in [-0.3, -0.25) is 9.59 Å². The third-order valence-corrected chi connectivity index (χ3v) is 5.34. The first-order chi connectivity index (χ1) is 14.3. The van der Waals surface area contributed by atoms with Crippen molar-refractivity contribution in [2.75, 3.05) is 10.2 Å². The molecule has 0 aliphatic carbocycles. The summed E-state index contributed by atoms with van der Waals surface area (Å²) in [7, 11) is 0. The van der Waals surface area contributed by atoms with E-state index in [0.717, 1.165) is 33.5 Å². The quantitative estimate of drug-likeness (QED) is 0.608. The van der Waals surface area contributed by atoms with Crippen LogP contribution in [0.5, 0.6) is 0 Å². The van der Waals surface area contributed by atoms with E-state index in [1.807, 2.05) is 94.4 Å². The first-order valence-electron chi connectivity index (χ1n) is 9.96. The SMILES string of the molecule is Cc1ccc(NC2=C(c3ccc(C)cc3)C(=O)N(c3ccc(C)cc3C)C2=O)cc1. The van der Waals surface area contributed by atoms with Gasteiger partial charge >= 0.3 is 0 Å². The maximum atomic E-state index is 13.5. The summed E-state index contributed by atoms with van der Waals surface area (Å²) in [6, 6.07) is 21.2. The fraction of sp³-hybridized carbons (Fsp3) is 0.154. The number of hydrogen-bond acceptors (Lipinski definition) is 3. The van der Waals surface area contributed by atoms with E-state index in [1.165, 1.54) is 4.90 Å². The molecule has 1 aliphatic heterocycles. The third-order valence-electron chi connectivity index (χ3n) is 5.34. The molecule has 1 heterocycles. The van der Waals surface area contributed by atoms with Crippen LogP contribution in [0.25, 0.3) is 5.57 Å². The first-order valence-corrected chi connectivity index (χ1v) is 9.96. The lowest BCUT2D eigenvalue weighted by Crippen LogP contribution is -2.33. The summed E-state index contributed by atoms with van der Waals surface area (Å²) in [6.07, 6.45) is 0. The minimum absolute atomic E-state index is 0.299. The van der Waals surface area contributed by atoms with E-state index >= 15 is 0 Å². The van der Waals surface area contributed by atoms with E-state index in [0.29, 0.717) is 17.0 Å². The molecule has 1 aliphatic rings. The van der Waals surface area contributed by atoms with E-state index in [-0.39, 0.29) is 11.8 Å². The van der Waals surface area contributed by atoms with Crippen molar-refractivity contribution in [3.8, 4) is 0 Å². The number of imide groups is 1. The molecule has 0 saturated heterocycles. The van der Waals surface area contributed by atoms with E-state index in [4.69, 9.17) is 0 Å². The Morgan fingerprint density at radius 3 is 1.83 bits per heavy atom. The average molecular weight is 396 g/mol. The van der Waals surface area contributed by atoms with Gasteiger partial charge in [-0.1, -0.05) is 65.2 Å². The van der Waals surface area contributed by atoms with Crippen molar-refractivity contribution in [2.24, 2.45) is 0 Å². The van der Waals surface area contributed by atoms with Crippen LogP contribution in [-0.2, 0) is 9.59 Å². The van der Waals surface area contributed by atoms with Crippen LogP contribution in [0.1, 0.15) is 27.8 Å². The highest BCUT2D eigenvalue weighted by Gasteiger charge is 2.40. The van der Waals surface area contributed by atoms with Gasteiger partial charge in [0.1, 0.15) is 5.70 Å². The van der Waals surface area contributed by atoms with Crippen molar-refractivity contribution >= 4 is 28.8 Å². The van der Waals surface area contributed by atoms with Crippen LogP contribution < -0.4 is 10.2 Å². The van der Waals surface area contributed by atoms with E-state index in [2.05, 4.69) is 5.32 Å². The molecule has 0 spiro atoms. The fourth-order valence-corrected chi connectivity index (χ4v) is 3.69. The number of amides is 2. The normalized spacial score (nSPS) is 13.9. The van der Waals surface area contributed by atoms with Crippen molar-refractivity contribution in [1.82, 2.24) is 0 Å². The van der Waals surface area contributed by atoms with Gasteiger partial charge in [-0.15, -0.1) is 0 Å². The molecule has 2 amide bonds. The van der Waals surface area contributed by atoms with Gasteiger partial charge in [-0.05, 0) is 57.0 Å². The molecule has 4 rings (SSSR count). The molecule has 0 unspecified atom stereocenters. The number of hydrogen-bond donors (Lipinski definition) is 1. The molecule has 4 nitrogen and oxygen atoms in total. The number of benzene rings is 3. The van der Waals surface area contributed by atoms with Gasteiger partial charge in [0.25, 0.3) is 11.8 Å². The summed E-state index contributed by atoms with van der Waals surface area (Å²) in [5.74, 6) is -0.659. The number of carbonyl (C=O) groups excluding carboxylic acids is 2. The van der Waals surface area contributed by atoms with Crippen LogP contribution in [0.3, 0.4) is 0 Å². The van der Waals surface area contributed by atoms with Crippen LogP contribution in [0, 0.1) is 27.7 Å². The summed E-state index contributed by atoms with van der Waals surface area (Å²) in [5, 5.41) is 3.21. The molecule has 150 valence electrons. The highest BCUT2D eigenvalue weighted by atomic mass is 16.2. The van der Waals surface area contributed by atoms with Crippen molar-refractivity contribution in [3.63, 3.8) is 0 Å². The third kappa shape index (κ3) is 3.52. The molecule has 4 heteroatoms. The molecule has 0 bridgehead atoms. The zero-order valence-corrected chi connectivity index (χ0v) is 17.6. The Morgan fingerprint density at radius 1 is 0.667 bits per heavy atom. The molecule has 0 saturated carbocycles. The summed E-state index contributed by atoms with van der Waals surface area (Å²) in [4.78, 5) is 28.2. The minimum atomic E-state index is -0.344. The molecular weight excluding hydrogens is 372 g/mol. The molecule has 0 fully saturated rings. The Kier molecular flexibility index (Phi) is 5.00. The lowest BCUT2D eigenvalue weighted by molar-refractivity contribution is -0.120. The number of rotatable bonds is 4. The Bertz CT molecular complexity index is 1170. The lowest BCUT2D eigenvalue weighted by Gasteiger charge is -2.18. The van der Waals surface area contributed by atoms with Crippen LogP contribution in [-0.4, -0.2) is 11.8 Å². The van der Waals surface area contributed by atoms with Gasteiger partial charge in [0.15, 0.2) is 0 Å². The van der Waals surface area contributed by atoms with E-state index in [1.54, 1.807) is 0 Å². The smallest absolute Gasteiger partial charge is 0.282 e. The second-order valence-electron chi connectivity index (χ2n) is 7.84. The number of nitrogens with zero attached hydrogens (tertiary/aromatic N) is 1. The topological polar surface area (TPSA) is 49.4 Å². The van der Waals surface area contributed by atoms with Crippen LogP contribution in [0.4, 0.5) is 11.4 Å². The second-order valence-corrected chi connectivity index (χ2v) is 7.84. The highest BCUT2D eigenvalue weighted by molar-refractivity contribution is 6.46. The van der Waals surface area contributed by atoms with E-state index < -0.39 is 0 Å². The number of anilines is 2. The standard InChI is InChI=1S/C26H24N2O2/c1-16-5-10-20(11-6-16)23-24(27-21-12-7-17(2)8-13-21)26(30)28(25(23)29)22-14-9-18(3)15-19(22)4/h5-15,27H,1-4H3. The molecule has 3 aromatic rings. The Labute approximate surface area is 176 Å². The van der Waals surface area contributed by atoms with Gasteiger partial charge in [0, 0.05) is 5.69 Å². The van der Waals surface area contributed by atoms with Crippen LogP contribution >= 0.6 is 0 Å². The van der Waals surface area contributed by atoms with Crippen LogP contribution in [0.15, 0.2) is 72.4 Å². The molecule has 30 heavy (non-hydrogen) atoms. The predicted octanol–water partition coefficient (Wildman–Crippen LogP) is 5.32.